The largest absolute Gasteiger partial charge is 0.294 e. The summed E-state index contributed by atoms with van der Waals surface area (Å²) in [6, 6.07) is 0. The van der Waals surface area contributed by atoms with Gasteiger partial charge in [0.15, 0.2) is 5.78 Å². The minimum atomic E-state index is -0.102. The van der Waals surface area contributed by atoms with E-state index in [4.69, 9.17) is 0 Å². The molecule has 0 amide bonds. The topological polar surface area (TPSA) is 17.1 Å². The van der Waals surface area contributed by atoms with E-state index in [2.05, 4.69) is 27.4 Å². The van der Waals surface area contributed by atoms with Crippen molar-refractivity contribution in [1.82, 2.24) is 0 Å². The molecular formula is C11H16O. The van der Waals surface area contributed by atoms with Crippen molar-refractivity contribution in [2.24, 2.45) is 16.7 Å². The summed E-state index contributed by atoms with van der Waals surface area (Å²) in [5.41, 5.74) is 0.935. The Morgan fingerprint density at radius 1 is 1.42 bits per heavy atom. The number of rotatable bonds is 0. The molecule has 2 bridgehead atoms. The molecule has 2 fully saturated rings. The minimum absolute atomic E-state index is 0.102. The first-order chi connectivity index (χ1) is 5.41. The van der Waals surface area contributed by atoms with Gasteiger partial charge in [0, 0.05) is 5.41 Å². The fraction of sp³-hybridized carbons (Fsp3) is 0.727. The van der Waals surface area contributed by atoms with Gasteiger partial charge in [-0.25, -0.2) is 0 Å². The molecule has 1 heteroatoms. The van der Waals surface area contributed by atoms with E-state index in [0.29, 0.717) is 11.7 Å². The van der Waals surface area contributed by atoms with E-state index in [1.807, 2.05) is 0 Å². The predicted molar refractivity (Wildman–Crippen MR) is 48.8 cm³/mol. The van der Waals surface area contributed by atoms with Crippen LogP contribution < -0.4 is 0 Å². The molecule has 0 aromatic carbocycles. The van der Waals surface area contributed by atoms with Crippen LogP contribution in [0.4, 0.5) is 0 Å². The Morgan fingerprint density at radius 3 is 2.25 bits per heavy atom. The lowest BCUT2D eigenvalue weighted by atomic mass is 9.70. The first kappa shape index (κ1) is 8.03. The lowest BCUT2D eigenvalue weighted by molar-refractivity contribution is -0.125. The summed E-state index contributed by atoms with van der Waals surface area (Å²) < 4.78 is 0. The molecule has 0 saturated heterocycles. The van der Waals surface area contributed by atoms with Gasteiger partial charge in [-0.2, -0.15) is 0 Å². The number of ketones is 1. The van der Waals surface area contributed by atoms with Crippen LogP contribution in [0.1, 0.15) is 33.6 Å². The average molecular weight is 164 g/mol. The van der Waals surface area contributed by atoms with Crippen LogP contribution in [0.5, 0.6) is 0 Å². The van der Waals surface area contributed by atoms with Crippen molar-refractivity contribution in [1.29, 1.82) is 0 Å². The van der Waals surface area contributed by atoms with E-state index in [1.165, 1.54) is 0 Å². The molecule has 2 atom stereocenters. The van der Waals surface area contributed by atoms with Gasteiger partial charge in [0.05, 0.1) is 0 Å². The SMILES string of the molecule is C=C1C(=O)[C@]2(C)CCC1C2(C)C. The summed E-state index contributed by atoms with van der Waals surface area (Å²) in [6.45, 7) is 10.4. The Hall–Kier alpha value is -0.590. The lowest BCUT2D eigenvalue weighted by Crippen LogP contribution is -2.32. The van der Waals surface area contributed by atoms with E-state index in [0.717, 1.165) is 18.4 Å². The molecule has 0 aromatic rings. The molecule has 66 valence electrons. The molecule has 0 spiro atoms. The maximum absolute atomic E-state index is 11.8. The Kier molecular flexibility index (Phi) is 1.23. The van der Waals surface area contributed by atoms with E-state index in [-0.39, 0.29) is 10.8 Å². The summed E-state index contributed by atoms with van der Waals surface area (Å²) in [5, 5.41) is 0. The standard InChI is InChI=1S/C11H16O/c1-7-8-5-6-11(4,9(7)12)10(8,2)3/h8H,1,5-6H2,2-4H3/t8?,11-/m0/s1. The van der Waals surface area contributed by atoms with E-state index < -0.39 is 0 Å². The molecule has 0 radical (unpaired) electrons. The monoisotopic (exact) mass is 164 g/mol. The number of hydrogen-bond donors (Lipinski definition) is 0. The van der Waals surface area contributed by atoms with Crippen molar-refractivity contribution >= 4 is 5.78 Å². The van der Waals surface area contributed by atoms with Gasteiger partial charge in [0.1, 0.15) is 0 Å². The van der Waals surface area contributed by atoms with Crippen molar-refractivity contribution in [3.63, 3.8) is 0 Å². The highest BCUT2D eigenvalue weighted by Crippen LogP contribution is 2.65. The van der Waals surface area contributed by atoms with E-state index in [1.54, 1.807) is 0 Å². The van der Waals surface area contributed by atoms with Gasteiger partial charge in [-0.15, -0.1) is 0 Å². The van der Waals surface area contributed by atoms with Gasteiger partial charge in [-0.3, -0.25) is 4.79 Å². The van der Waals surface area contributed by atoms with Crippen LogP contribution in [0.3, 0.4) is 0 Å². The fourth-order valence-electron chi connectivity index (χ4n) is 3.03. The number of carbonyl (C=O) groups is 1. The molecule has 0 N–H and O–H groups in total. The molecule has 2 aliphatic rings. The lowest BCUT2D eigenvalue weighted by Gasteiger charge is -2.31. The minimum Gasteiger partial charge on any atom is -0.294 e. The number of carbonyl (C=O) groups excluding carboxylic acids is 1. The summed E-state index contributed by atoms with van der Waals surface area (Å²) in [4.78, 5) is 11.8. The Morgan fingerprint density at radius 2 is 2.00 bits per heavy atom. The number of Topliss-reactive ketones (excluding diaryl/α,β-unsaturated/α-hetero) is 1. The molecule has 0 heterocycles. The summed E-state index contributed by atoms with van der Waals surface area (Å²) in [7, 11) is 0. The van der Waals surface area contributed by atoms with Crippen molar-refractivity contribution in [2.45, 2.75) is 33.6 Å². The highest BCUT2D eigenvalue weighted by atomic mass is 16.1. The second-order valence-corrected chi connectivity index (χ2v) is 5.00. The maximum atomic E-state index is 11.8. The van der Waals surface area contributed by atoms with Gasteiger partial charge in [0.25, 0.3) is 0 Å². The van der Waals surface area contributed by atoms with Crippen LogP contribution in [0, 0.1) is 16.7 Å². The number of fused-ring (bicyclic) bond motifs is 2. The molecule has 12 heavy (non-hydrogen) atoms. The van der Waals surface area contributed by atoms with Crippen molar-refractivity contribution in [3.05, 3.63) is 12.2 Å². The van der Waals surface area contributed by atoms with Crippen LogP contribution in [-0.2, 0) is 4.79 Å². The van der Waals surface area contributed by atoms with Gasteiger partial charge in [-0.05, 0) is 29.7 Å². The third-order valence-corrected chi connectivity index (χ3v) is 4.44. The van der Waals surface area contributed by atoms with Crippen LogP contribution in [0.15, 0.2) is 12.2 Å². The summed E-state index contributed by atoms with van der Waals surface area (Å²) in [6.07, 6.45) is 2.22. The molecule has 2 rings (SSSR count). The predicted octanol–water partition coefficient (Wildman–Crippen LogP) is 2.57. The van der Waals surface area contributed by atoms with E-state index >= 15 is 0 Å². The van der Waals surface area contributed by atoms with Crippen molar-refractivity contribution in [3.8, 4) is 0 Å². The molecular weight excluding hydrogens is 148 g/mol. The average Bonchev–Trinajstić information content (AvgIpc) is 2.26. The van der Waals surface area contributed by atoms with Crippen LogP contribution in [-0.4, -0.2) is 5.78 Å². The first-order valence-electron chi connectivity index (χ1n) is 4.65. The second-order valence-electron chi connectivity index (χ2n) is 5.00. The zero-order valence-corrected chi connectivity index (χ0v) is 8.11. The molecule has 1 unspecified atom stereocenters. The van der Waals surface area contributed by atoms with Crippen molar-refractivity contribution in [2.75, 3.05) is 0 Å². The third-order valence-electron chi connectivity index (χ3n) is 4.44. The van der Waals surface area contributed by atoms with Crippen molar-refractivity contribution < 1.29 is 4.79 Å². The van der Waals surface area contributed by atoms with E-state index in [9.17, 15) is 4.79 Å². The molecule has 0 aromatic heterocycles. The molecule has 0 aliphatic heterocycles. The van der Waals surface area contributed by atoms with Crippen LogP contribution in [0.25, 0.3) is 0 Å². The number of allylic oxidation sites excluding steroid dienone is 1. The second kappa shape index (κ2) is 1.84. The number of hydrogen-bond acceptors (Lipinski definition) is 1. The van der Waals surface area contributed by atoms with Gasteiger partial charge in [0.2, 0.25) is 0 Å². The van der Waals surface area contributed by atoms with Gasteiger partial charge in [-0.1, -0.05) is 27.4 Å². The Bertz CT molecular complexity index is 275. The Balaban J connectivity index is 2.58. The highest BCUT2D eigenvalue weighted by Gasteiger charge is 2.63. The van der Waals surface area contributed by atoms with Crippen LogP contribution in [0.2, 0.25) is 0 Å². The first-order valence-corrected chi connectivity index (χ1v) is 4.65. The molecule has 1 nitrogen and oxygen atoms in total. The maximum Gasteiger partial charge on any atom is 0.164 e. The summed E-state index contributed by atoms with van der Waals surface area (Å²) >= 11 is 0. The smallest absolute Gasteiger partial charge is 0.164 e. The fourth-order valence-corrected chi connectivity index (χ4v) is 3.03. The van der Waals surface area contributed by atoms with Gasteiger partial charge < -0.3 is 0 Å². The van der Waals surface area contributed by atoms with Crippen LogP contribution >= 0.6 is 0 Å². The zero-order valence-electron chi connectivity index (χ0n) is 8.11. The highest BCUT2D eigenvalue weighted by molar-refractivity contribution is 6.04. The summed E-state index contributed by atoms with van der Waals surface area (Å²) in [5.74, 6) is 0.777. The zero-order chi connectivity index (χ0) is 9.15. The normalized spacial score (nSPS) is 44.1. The van der Waals surface area contributed by atoms with Gasteiger partial charge >= 0.3 is 0 Å². The Labute approximate surface area is 73.8 Å². The molecule has 2 aliphatic carbocycles. The quantitative estimate of drug-likeness (QED) is 0.503. The molecule has 2 saturated carbocycles. The third kappa shape index (κ3) is 0.562.